The van der Waals surface area contributed by atoms with E-state index < -0.39 is 0 Å². The SMILES string of the molecule is CCCCCCCCCCCCCC[N+](C)(C)OC. The summed E-state index contributed by atoms with van der Waals surface area (Å²) in [6.45, 7) is 3.42. The molecule has 2 nitrogen and oxygen atoms in total. The molecule has 0 spiro atoms. The molecule has 19 heavy (non-hydrogen) atoms. The van der Waals surface area contributed by atoms with Crippen LogP contribution in [0.4, 0.5) is 0 Å². The highest BCUT2D eigenvalue weighted by atomic mass is 16.7. The fourth-order valence-corrected chi connectivity index (χ4v) is 2.42. The molecule has 0 heterocycles. The van der Waals surface area contributed by atoms with Crippen LogP contribution in [0.2, 0.25) is 0 Å². The van der Waals surface area contributed by atoms with E-state index in [1.54, 1.807) is 7.11 Å². The van der Waals surface area contributed by atoms with Gasteiger partial charge >= 0.3 is 0 Å². The maximum Gasteiger partial charge on any atom is 0.108 e. The van der Waals surface area contributed by atoms with E-state index in [4.69, 9.17) is 4.84 Å². The summed E-state index contributed by atoms with van der Waals surface area (Å²) < 4.78 is 0.692. The highest BCUT2D eigenvalue weighted by Crippen LogP contribution is 2.12. The third-order valence-corrected chi connectivity index (χ3v) is 4.04. The van der Waals surface area contributed by atoms with Crippen molar-refractivity contribution in [3.8, 4) is 0 Å². The fraction of sp³-hybridized carbons (Fsp3) is 1.00. The Hall–Kier alpha value is -0.0800. The minimum atomic E-state index is 0.692. The molecule has 0 saturated carbocycles. The van der Waals surface area contributed by atoms with Crippen LogP contribution in [0.15, 0.2) is 0 Å². The van der Waals surface area contributed by atoms with Crippen molar-refractivity contribution in [3.63, 3.8) is 0 Å². The number of unbranched alkanes of at least 4 members (excludes halogenated alkanes) is 11. The lowest BCUT2D eigenvalue weighted by atomic mass is 10.1. The zero-order chi connectivity index (χ0) is 14.4. The second-order valence-corrected chi connectivity index (χ2v) is 6.37. The van der Waals surface area contributed by atoms with Gasteiger partial charge < -0.3 is 0 Å². The van der Waals surface area contributed by atoms with Gasteiger partial charge in [-0.3, -0.25) is 0 Å². The topological polar surface area (TPSA) is 9.23 Å². The van der Waals surface area contributed by atoms with Gasteiger partial charge in [-0.25, -0.2) is 4.84 Å². The molecular formula is C17H38NO+. The van der Waals surface area contributed by atoms with Gasteiger partial charge in [0, 0.05) is 0 Å². The van der Waals surface area contributed by atoms with Gasteiger partial charge in [-0.1, -0.05) is 71.1 Å². The van der Waals surface area contributed by atoms with Crippen LogP contribution in [0.5, 0.6) is 0 Å². The van der Waals surface area contributed by atoms with Crippen molar-refractivity contribution in [2.24, 2.45) is 0 Å². The summed E-state index contributed by atoms with van der Waals surface area (Å²) in [5, 5.41) is 0. The molecule has 0 N–H and O–H groups in total. The van der Waals surface area contributed by atoms with Gasteiger partial charge in [0.05, 0.1) is 21.2 Å². The average molecular weight is 272 g/mol. The van der Waals surface area contributed by atoms with Crippen LogP contribution < -0.4 is 0 Å². The Labute approximate surface area is 122 Å². The molecular weight excluding hydrogens is 234 g/mol. The first kappa shape index (κ1) is 18.9. The number of hydrogen-bond acceptors (Lipinski definition) is 1. The van der Waals surface area contributed by atoms with E-state index in [-0.39, 0.29) is 0 Å². The van der Waals surface area contributed by atoms with E-state index in [2.05, 4.69) is 21.0 Å². The fourth-order valence-electron chi connectivity index (χ4n) is 2.42. The normalized spacial score (nSPS) is 12.0. The van der Waals surface area contributed by atoms with Gasteiger partial charge in [0.15, 0.2) is 0 Å². The zero-order valence-electron chi connectivity index (χ0n) is 14.0. The zero-order valence-corrected chi connectivity index (χ0v) is 14.0. The molecule has 0 aromatic rings. The van der Waals surface area contributed by atoms with Gasteiger partial charge in [-0.15, -0.1) is 0 Å². The van der Waals surface area contributed by atoms with E-state index in [0.29, 0.717) is 4.65 Å². The van der Waals surface area contributed by atoms with Gasteiger partial charge in [-0.05, 0) is 12.8 Å². The Kier molecular flexibility index (Phi) is 12.9. The molecule has 0 aliphatic rings. The van der Waals surface area contributed by atoms with Gasteiger partial charge in [0.1, 0.15) is 6.54 Å². The maximum atomic E-state index is 5.38. The molecule has 0 atom stereocenters. The van der Waals surface area contributed by atoms with Crippen LogP contribution in [-0.4, -0.2) is 32.4 Å². The van der Waals surface area contributed by atoms with Crippen LogP contribution in [0.25, 0.3) is 0 Å². The molecule has 0 saturated heterocycles. The van der Waals surface area contributed by atoms with Crippen molar-refractivity contribution in [3.05, 3.63) is 0 Å². The molecule has 116 valence electrons. The summed E-state index contributed by atoms with van der Waals surface area (Å²) in [6.07, 6.45) is 17.0. The van der Waals surface area contributed by atoms with E-state index >= 15 is 0 Å². The van der Waals surface area contributed by atoms with Gasteiger partial charge in [-0.2, -0.15) is 4.65 Å². The second-order valence-electron chi connectivity index (χ2n) is 6.37. The highest BCUT2D eigenvalue weighted by Gasteiger charge is 2.12. The van der Waals surface area contributed by atoms with Crippen molar-refractivity contribution >= 4 is 0 Å². The summed E-state index contributed by atoms with van der Waals surface area (Å²) in [6, 6.07) is 0. The number of nitrogens with zero attached hydrogens (tertiary/aromatic N) is 1. The standard InChI is InChI=1S/C17H38NO/c1-5-6-7-8-9-10-11-12-13-14-15-16-17-18(2,3)19-4/h5-17H2,1-4H3/q+1. The quantitative estimate of drug-likeness (QED) is 0.236. The summed E-state index contributed by atoms with van der Waals surface area (Å²) in [5.74, 6) is 0. The van der Waals surface area contributed by atoms with Crippen LogP contribution >= 0.6 is 0 Å². The monoisotopic (exact) mass is 272 g/mol. The van der Waals surface area contributed by atoms with Crippen molar-refractivity contribution in [1.82, 2.24) is 0 Å². The van der Waals surface area contributed by atoms with Crippen molar-refractivity contribution in [1.29, 1.82) is 0 Å². The Balaban J connectivity index is 3.07. The van der Waals surface area contributed by atoms with Crippen LogP contribution in [-0.2, 0) is 4.84 Å². The molecule has 0 amide bonds. The summed E-state index contributed by atoms with van der Waals surface area (Å²) >= 11 is 0. The van der Waals surface area contributed by atoms with Crippen molar-refractivity contribution in [2.45, 2.75) is 84.0 Å². The molecule has 0 aliphatic heterocycles. The molecule has 0 aromatic heterocycles. The Morgan fingerprint density at radius 1 is 0.632 bits per heavy atom. The number of hydroxylamine groups is 3. The largest absolute Gasteiger partial charge is 0.207 e. The first-order chi connectivity index (χ1) is 9.12. The Bertz CT molecular complexity index is 180. The van der Waals surface area contributed by atoms with Crippen LogP contribution in [0.1, 0.15) is 84.0 Å². The van der Waals surface area contributed by atoms with E-state index in [9.17, 15) is 0 Å². The number of hydrogen-bond donors (Lipinski definition) is 0. The van der Waals surface area contributed by atoms with Crippen molar-refractivity contribution < 1.29 is 9.48 Å². The minimum Gasteiger partial charge on any atom is -0.207 e. The molecule has 2 heteroatoms. The number of rotatable bonds is 14. The minimum absolute atomic E-state index is 0.692. The molecule has 0 unspecified atom stereocenters. The molecule has 0 rings (SSSR count). The maximum absolute atomic E-state index is 5.38. The molecule has 0 bridgehead atoms. The van der Waals surface area contributed by atoms with E-state index in [0.717, 1.165) is 6.54 Å². The lowest BCUT2D eigenvalue weighted by Gasteiger charge is -2.24. The molecule has 0 aromatic carbocycles. The molecule has 0 aliphatic carbocycles. The smallest absolute Gasteiger partial charge is 0.108 e. The highest BCUT2D eigenvalue weighted by molar-refractivity contribution is 4.48. The third-order valence-electron chi connectivity index (χ3n) is 4.04. The summed E-state index contributed by atoms with van der Waals surface area (Å²) in [5.41, 5.74) is 0. The second kappa shape index (κ2) is 12.9. The molecule has 0 fully saturated rings. The van der Waals surface area contributed by atoms with Gasteiger partial charge in [0.2, 0.25) is 0 Å². The summed E-state index contributed by atoms with van der Waals surface area (Å²) in [7, 11) is 6.04. The van der Waals surface area contributed by atoms with E-state index in [1.807, 2.05) is 0 Å². The average Bonchev–Trinajstić information content (AvgIpc) is 2.40. The lowest BCUT2D eigenvalue weighted by Crippen LogP contribution is -2.38. The predicted molar refractivity (Wildman–Crippen MR) is 85.1 cm³/mol. The van der Waals surface area contributed by atoms with Crippen LogP contribution in [0, 0.1) is 0 Å². The first-order valence-corrected chi connectivity index (χ1v) is 8.51. The third kappa shape index (κ3) is 14.1. The van der Waals surface area contributed by atoms with Crippen LogP contribution in [0.3, 0.4) is 0 Å². The van der Waals surface area contributed by atoms with E-state index in [1.165, 1.54) is 77.0 Å². The Morgan fingerprint density at radius 3 is 1.37 bits per heavy atom. The molecule has 0 radical (unpaired) electrons. The Morgan fingerprint density at radius 2 is 1.00 bits per heavy atom. The lowest BCUT2D eigenvalue weighted by molar-refractivity contribution is -1.07. The number of quaternary nitrogens is 1. The van der Waals surface area contributed by atoms with Gasteiger partial charge in [0.25, 0.3) is 0 Å². The first-order valence-electron chi connectivity index (χ1n) is 8.51. The van der Waals surface area contributed by atoms with Crippen molar-refractivity contribution in [2.75, 3.05) is 27.7 Å². The summed E-state index contributed by atoms with van der Waals surface area (Å²) in [4.78, 5) is 5.38. The predicted octanol–water partition coefficient (Wildman–Crippen LogP) is 5.33.